The molecule has 0 aromatic heterocycles. The van der Waals surface area contributed by atoms with Gasteiger partial charge in [0.05, 0.1) is 5.69 Å². The lowest BCUT2D eigenvalue weighted by Crippen LogP contribution is -2.27. The van der Waals surface area contributed by atoms with Crippen molar-refractivity contribution in [1.29, 1.82) is 0 Å². The molecule has 104 valence electrons. The highest BCUT2D eigenvalue weighted by Gasteiger charge is 2.29. The Labute approximate surface area is 116 Å². The van der Waals surface area contributed by atoms with Crippen LogP contribution in [0.1, 0.15) is 24.1 Å². The standard InChI is InChI=1S/C15H16N2O3/c1-9-12-5-4-11(18)8-14(12)20-17-13(9)6-7-16-15(19)10-2-3-10/h4-5,8,10H,2-3,6-7H2,1H3,(H,16,19). The zero-order chi connectivity index (χ0) is 14.1. The van der Waals surface area contributed by atoms with Crippen LogP contribution in [0.4, 0.5) is 0 Å². The first-order valence-electron chi connectivity index (χ1n) is 6.82. The van der Waals surface area contributed by atoms with Gasteiger partial charge in [-0.2, -0.15) is 0 Å². The Kier molecular flexibility index (Phi) is 3.26. The Hall–Kier alpha value is -2.17. The van der Waals surface area contributed by atoms with Gasteiger partial charge in [-0.25, -0.2) is 0 Å². The van der Waals surface area contributed by atoms with E-state index >= 15 is 0 Å². The Balaban J connectivity index is 1.73. The third-order valence-corrected chi connectivity index (χ3v) is 3.65. The van der Waals surface area contributed by atoms with Gasteiger partial charge >= 0.3 is 0 Å². The van der Waals surface area contributed by atoms with Gasteiger partial charge < -0.3 is 9.84 Å². The smallest absolute Gasteiger partial charge is 0.223 e. The van der Waals surface area contributed by atoms with Crippen LogP contribution < -0.4 is 10.7 Å². The minimum absolute atomic E-state index is 0.0908. The van der Waals surface area contributed by atoms with Crippen molar-refractivity contribution < 1.29 is 9.32 Å². The first kappa shape index (κ1) is 12.8. The van der Waals surface area contributed by atoms with Gasteiger partial charge in [0.1, 0.15) is 0 Å². The molecule has 3 rings (SSSR count). The molecule has 5 nitrogen and oxygen atoms in total. The summed E-state index contributed by atoms with van der Waals surface area (Å²) in [4.78, 5) is 22.8. The van der Waals surface area contributed by atoms with Crippen molar-refractivity contribution in [1.82, 2.24) is 10.5 Å². The van der Waals surface area contributed by atoms with Gasteiger partial charge in [0, 0.05) is 30.5 Å². The summed E-state index contributed by atoms with van der Waals surface area (Å²) in [5.74, 6) is 0.859. The number of carbonyl (C=O) groups excluding carboxylic acids is 1. The van der Waals surface area contributed by atoms with E-state index in [0.717, 1.165) is 29.7 Å². The molecule has 0 atom stereocenters. The molecule has 0 aromatic rings. The highest BCUT2D eigenvalue weighted by atomic mass is 16.5. The fourth-order valence-corrected chi connectivity index (χ4v) is 2.24. The molecule has 0 bridgehead atoms. The van der Waals surface area contributed by atoms with Crippen molar-refractivity contribution in [3.8, 4) is 11.3 Å². The molecule has 3 aliphatic rings. The molecule has 5 heteroatoms. The summed E-state index contributed by atoms with van der Waals surface area (Å²) in [5.41, 5.74) is 2.61. The minimum atomic E-state index is -0.0908. The maximum atomic E-state index is 11.5. The summed E-state index contributed by atoms with van der Waals surface area (Å²) >= 11 is 0. The van der Waals surface area contributed by atoms with Crippen molar-refractivity contribution >= 4 is 5.91 Å². The van der Waals surface area contributed by atoms with E-state index in [9.17, 15) is 9.59 Å². The first-order chi connectivity index (χ1) is 9.65. The molecule has 0 spiro atoms. The fourth-order valence-electron chi connectivity index (χ4n) is 2.24. The first-order valence-corrected chi connectivity index (χ1v) is 6.82. The number of hydrogen-bond donors (Lipinski definition) is 1. The number of aromatic nitrogens is 1. The second kappa shape index (κ2) is 5.07. The van der Waals surface area contributed by atoms with Gasteiger partial charge in [0.25, 0.3) is 0 Å². The van der Waals surface area contributed by atoms with E-state index in [0.29, 0.717) is 18.7 Å². The third kappa shape index (κ3) is 2.57. The van der Waals surface area contributed by atoms with Crippen LogP contribution in [0.25, 0.3) is 11.3 Å². The summed E-state index contributed by atoms with van der Waals surface area (Å²) in [6.45, 7) is 2.51. The Morgan fingerprint density at radius 2 is 2.25 bits per heavy atom. The Morgan fingerprint density at radius 3 is 3.00 bits per heavy atom. The van der Waals surface area contributed by atoms with Gasteiger partial charge in [-0.15, -0.1) is 0 Å². The van der Waals surface area contributed by atoms with Gasteiger partial charge in [-0.05, 0) is 37.5 Å². The van der Waals surface area contributed by atoms with Crippen molar-refractivity contribution in [2.45, 2.75) is 26.2 Å². The Morgan fingerprint density at radius 1 is 1.45 bits per heavy atom. The molecule has 0 radical (unpaired) electrons. The number of hydrogen-bond acceptors (Lipinski definition) is 4. The average molecular weight is 272 g/mol. The van der Waals surface area contributed by atoms with E-state index in [1.165, 1.54) is 12.1 Å². The molecular formula is C15H16N2O3. The monoisotopic (exact) mass is 272 g/mol. The summed E-state index contributed by atoms with van der Waals surface area (Å²) in [5, 5.41) is 6.95. The van der Waals surface area contributed by atoms with Crippen LogP contribution in [-0.4, -0.2) is 17.6 Å². The van der Waals surface area contributed by atoms with Crippen LogP contribution >= 0.6 is 0 Å². The molecule has 1 N–H and O–H groups in total. The maximum absolute atomic E-state index is 11.5. The maximum Gasteiger partial charge on any atom is 0.223 e. The second-order valence-corrected chi connectivity index (χ2v) is 5.23. The number of nitrogens with zero attached hydrogens (tertiary/aromatic N) is 1. The molecule has 0 unspecified atom stereocenters. The average Bonchev–Trinajstić information content (AvgIpc) is 3.25. The van der Waals surface area contributed by atoms with Crippen LogP contribution in [0.15, 0.2) is 27.5 Å². The van der Waals surface area contributed by atoms with Gasteiger partial charge in [0.2, 0.25) is 5.91 Å². The molecule has 0 saturated heterocycles. The second-order valence-electron chi connectivity index (χ2n) is 5.23. The number of carbonyl (C=O) groups is 1. The normalized spacial score (nSPS) is 14.4. The van der Waals surface area contributed by atoms with Crippen LogP contribution in [-0.2, 0) is 11.2 Å². The lowest BCUT2D eigenvalue weighted by atomic mass is 10.0. The topological polar surface area (TPSA) is 72.2 Å². The number of rotatable bonds is 4. The lowest BCUT2D eigenvalue weighted by Gasteiger charge is -2.10. The van der Waals surface area contributed by atoms with E-state index < -0.39 is 0 Å². The molecule has 1 heterocycles. The number of nitrogens with one attached hydrogen (secondary N) is 1. The van der Waals surface area contributed by atoms with Crippen LogP contribution in [0.2, 0.25) is 0 Å². The van der Waals surface area contributed by atoms with E-state index in [1.54, 1.807) is 6.07 Å². The van der Waals surface area contributed by atoms with E-state index in [4.69, 9.17) is 4.52 Å². The largest absolute Gasteiger partial charge is 0.356 e. The highest BCUT2D eigenvalue weighted by Crippen LogP contribution is 2.28. The van der Waals surface area contributed by atoms with Crippen molar-refractivity contribution in [2.75, 3.05) is 6.54 Å². The van der Waals surface area contributed by atoms with Crippen molar-refractivity contribution in [3.63, 3.8) is 0 Å². The number of amides is 1. The van der Waals surface area contributed by atoms with Gasteiger partial charge in [0.15, 0.2) is 11.2 Å². The zero-order valence-electron chi connectivity index (χ0n) is 11.3. The minimum Gasteiger partial charge on any atom is -0.356 e. The summed E-state index contributed by atoms with van der Waals surface area (Å²) in [7, 11) is 0. The summed E-state index contributed by atoms with van der Waals surface area (Å²) < 4.78 is 5.26. The third-order valence-electron chi connectivity index (χ3n) is 3.65. The molecule has 1 saturated carbocycles. The van der Waals surface area contributed by atoms with Crippen molar-refractivity contribution in [3.05, 3.63) is 39.7 Å². The van der Waals surface area contributed by atoms with E-state index in [1.807, 2.05) is 6.92 Å². The number of benzene rings is 1. The molecule has 1 amide bonds. The molecule has 1 aliphatic heterocycles. The summed E-state index contributed by atoms with van der Waals surface area (Å²) in [6.07, 6.45) is 2.64. The predicted molar refractivity (Wildman–Crippen MR) is 73.6 cm³/mol. The summed E-state index contributed by atoms with van der Waals surface area (Å²) in [6, 6.07) is 4.71. The van der Waals surface area contributed by atoms with E-state index in [-0.39, 0.29) is 17.3 Å². The predicted octanol–water partition coefficient (Wildman–Crippen LogP) is 1.52. The molecule has 2 aliphatic carbocycles. The molecule has 0 aromatic carbocycles. The number of fused-ring (bicyclic) bond motifs is 1. The molecule has 20 heavy (non-hydrogen) atoms. The Bertz CT molecular complexity index is 673. The SMILES string of the molecule is Cc1c2ccc(=O)cc-2onc1CCNC(=O)C1CC1. The fraction of sp³-hybridized carbons (Fsp3) is 0.400. The highest BCUT2D eigenvalue weighted by molar-refractivity contribution is 5.80. The van der Waals surface area contributed by atoms with Gasteiger partial charge in [-0.3, -0.25) is 9.59 Å². The van der Waals surface area contributed by atoms with Gasteiger partial charge in [-0.1, -0.05) is 5.16 Å². The van der Waals surface area contributed by atoms with Crippen molar-refractivity contribution in [2.24, 2.45) is 5.92 Å². The zero-order valence-corrected chi connectivity index (χ0v) is 11.3. The van der Waals surface area contributed by atoms with Crippen LogP contribution in [0.3, 0.4) is 0 Å². The molecule has 1 fully saturated rings. The van der Waals surface area contributed by atoms with E-state index in [2.05, 4.69) is 10.5 Å². The van der Waals surface area contributed by atoms with Crippen LogP contribution in [0.5, 0.6) is 0 Å². The quantitative estimate of drug-likeness (QED) is 0.915. The lowest BCUT2D eigenvalue weighted by molar-refractivity contribution is -0.122. The van der Waals surface area contributed by atoms with Crippen LogP contribution in [0, 0.1) is 12.8 Å². The molecular weight excluding hydrogens is 256 g/mol.